The molecule has 0 bridgehead atoms. The van der Waals surface area contributed by atoms with Crippen LogP contribution >= 0.6 is 0 Å². The normalized spacial score (nSPS) is 13.9. The van der Waals surface area contributed by atoms with E-state index < -0.39 is 6.10 Å². The van der Waals surface area contributed by atoms with Gasteiger partial charge in [-0.25, -0.2) is 4.99 Å². The van der Waals surface area contributed by atoms with Crippen LogP contribution in [0.15, 0.2) is 35.3 Å². The highest BCUT2D eigenvalue weighted by Crippen LogP contribution is 2.10. The Hall–Kier alpha value is -1.39. The number of hydrogen-bond acceptors (Lipinski definition) is 3. The largest absolute Gasteiger partial charge is 0.385 e. The van der Waals surface area contributed by atoms with E-state index in [1.165, 1.54) is 6.92 Å². The number of hydroxylamine groups is 1. The fourth-order valence-corrected chi connectivity index (χ4v) is 0.853. The van der Waals surface area contributed by atoms with E-state index >= 15 is 0 Å². The van der Waals surface area contributed by atoms with Crippen LogP contribution in [0.1, 0.15) is 6.92 Å². The number of aliphatic hydroxyl groups excluding tert-OH is 1. The summed E-state index contributed by atoms with van der Waals surface area (Å²) in [6.07, 6.45) is -0.815. The molecule has 3 N–H and O–H groups in total. The smallest absolute Gasteiger partial charge is 0.154 e. The van der Waals surface area contributed by atoms with Gasteiger partial charge in [0.2, 0.25) is 0 Å². The Bertz CT molecular complexity index is 283. The summed E-state index contributed by atoms with van der Waals surface area (Å²) in [5, 5.41) is 17.7. The van der Waals surface area contributed by atoms with Gasteiger partial charge in [-0.3, -0.25) is 10.7 Å². The molecule has 70 valence electrons. The number of aliphatic hydroxyl groups is 1. The van der Waals surface area contributed by atoms with Gasteiger partial charge in [0.25, 0.3) is 0 Å². The molecule has 1 aromatic carbocycles. The monoisotopic (exact) mass is 180 g/mol. The van der Waals surface area contributed by atoms with Gasteiger partial charge in [-0.1, -0.05) is 18.2 Å². The first-order chi connectivity index (χ1) is 6.24. The number of para-hydroxylation sites is 1. The molecule has 0 fully saturated rings. The van der Waals surface area contributed by atoms with Crippen molar-refractivity contribution in [2.45, 2.75) is 13.0 Å². The topological polar surface area (TPSA) is 64.9 Å². The van der Waals surface area contributed by atoms with Crippen molar-refractivity contribution in [1.29, 1.82) is 0 Å². The first kappa shape index (κ1) is 9.70. The maximum atomic E-state index is 9.12. The van der Waals surface area contributed by atoms with Crippen LogP contribution in [0.5, 0.6) is 0 Å². The predicted molar refractivity (Wildman–Crippen MR) is 50.1 cm³/mol. The third kappa shape index (κ3) is 2.85. The van der Waals surface area contributed by atoms with E-state index in [2.05, 4.69) is 4.99 Å². The molecule has 0 aromatic heterocycles. The van der Waals surface area contributed by atoms with E-state index in [1.807, 2.05) is 23.7 Å². The van der Waals surface area contributed by atoms with E-state index in [9.17, 15) is 0 Å². The lowest BCUT2D eigenvalue weighted by molar-refractivity contribution is 0.196. The molecule has 0 aliphatic carbocycles. The fourth-order valence-electron chi connectivity index (χ4n) is 0.853. The van der Waals surface area contributed by atoms with E-state index in [4.69, 9.17) is 10.3 Å². The molecule has 0 saturated heterocycles. The molecule has 0 aliphatic rings. The lowest BCUT2D eigenvalue weighted by Gasteiger charge is -2.06. The molecule has 1 atom stereocenters. The lowest BCUT2D eigenvalue weighted by atomic mass is 10.3. The molecule has 4 heteroatoms. The molecular formula is C9H12N2O2. The van der Waals surface area contributed by atoms with Gasteiger partial charge in [0.05, 0.1) is 5.69 Å². The highest BCUT2D eigenvalue weighted by atomic mass is 16.5. The Balaban J connectivity index is 2.85. The standard InChI is InChI=1S/C9H12N2O2/c1-7(12)9(11-13)10-8-5-3-2-4-6-8/h2-7,12-13H,1H3,(H,10,11). The minimum Gasteiger partial charge on any atom is -0.385 e. The van der Waals surface area contributed by atoms with Crippen molar-refractivity contribution in [3.05, 3.63) is 30.3 Å². The molecule has 0 aliphatic heterocycles. The maximum absolute atomic E-state index is 9.12. The van der Waals surface area contributed by atoms with Crippen molar-refractivity contribution in [2.24, 2.45) is 4.99 Å². The van der Waals surface area contributed by atoms with Crippen LogP contribution in [-0.4, -0.2) is 22.3 Å². The van der Waals surface area contributed by atoms with Crippen molar-refractivity contribution >= 4 is 11.5 Å². The van der Waals surface area contributed by atoms with E-state index in [0.29, 0.717) is 5.69 Å². The second kappa shape index (κ2) is 4.59. The van der Waals surface area contributed by atoms with Gasteiger partial charge in [-0.15, -0.1) is 0 Å². The van der Waals surface area contributed by atoms with Crippen LogP contribution in [0.25, 0.3) is 0 Å². The second-order valence-electron chi connectivity index (χ2n) is 2.62. The first-order valence-corrected chi connectivity index (χ1v) is 3.96. The summed E-state index contributed by atoms with van der Waals surface area (Å²) in [5.41, 5.74) is 2.53. The van der Waals surface area contributed by atoms with Crippen molar-refractivity contribution < 1.29 is 10.3 Å². The number of aliphatic imine (C=N–C) groups is 1. The second-order valence-corrected chi connectivity index (χ2v) is 2.62. The zero-order chi connectivity index (χ0) is 9.68. The third-order valence-electron chi connectivity index (χ3n) is 1.52. The molecule has 0 spiro atoms. The van der Waals surface area contributed by atoms with Crippen molar-refractivity contribution in [3.63, 3.8) is 0 Å². The van der Waals surface area contributed by atoms with Gasteiger partial charge in [0.1, 0.15) is 6.10 Å². The number of benzene rings is 1. The Morgan fingerprint density at radius 2 is 2.00 bits per heavy atom. The number of nitrogens with one attached hydrogen (secondary N) is 1. The van der Waals surface area contributed by atoms with Gasteiger partial charge >= 0.3 is 0 Å². The molecule has 4 nitrogen and oxygen atoms in total. The number of nitrogens with zero attached hydrogens (tertiary/aromatic N) is 1. The van der Waals surface area contributed by atoms with Crippen LogP contribution in [0.4, 0.5) is 5.69 Å². The summed E-state index contributed by atoms with van der Waals surface area (Å²) in [4.78, 5) is 3.98. The molecule has 1 rings (SSSR count). The number of amidine groups is 1. The van der Waals surface area contributed by atoms with Crippen molar-refractivity contribution in [3.8, 4) is 0 Å². The van der Waals surface area contributed by atoms with Gasteiger partial charge in [0, 0.05) is 0 Å². The van der Waals surface area contributed by atoms with E-state index in [-0.39, 0.29) is 5.84 Å². The maximum Gasteiger partial charge on any atom is 0.154 e. The van der Waals surface area contributed by atoms with E-state index in [1.54, 1.807) is 12.1 Å². The van der Waals surface area contributed by atoms with Gasteiger partial charge in [-0.2, -0.15) is 0 Å². The molecule has 1 unspecified atom stereocenters. The minimum atomic E-state index is -0.815. The average molecular weight is 180 g/mol. The predicted octanol–water partition coefficient (Wildman–Crippen LogP) is 1.08. The number of hydrogen-bond donors (Lipinski definition) is 3. The van der Waals surface area contributed by atoms with E-state index in [0.717, 1.165) is 0 Å². The van der Waals surface area contributed by atoms with Crippen LogP contribution in [0.2, 0.25) is 0 Å². The molecule has 1 aromatic rings. The van der Waals surface area contributed by atoms with Crippen LogP contribution < -0.4 is 5.48 Å². The number of rotatable bonds is 2. The van der Waals surface area contributed by atoms with Crippen molar-refractivity contribution in [2.75, 3.05) is 0 Å². The highest BCUT2D eigenvalue weighted by Gasteiger charge is 2.04. The SMILES string of the molecule is CC(O)C(=Nc1ccccc1)NO. The zero-order valence-corrected chi connectivity index (χ0v) is 7.31. The first-order valence-electron chi connectivity index (χ1n) is 3.96. The molecule has 0 radical (unpaired) electrons. The summed E-state index contributed by atoms with van der Waals surface area (Å²) in [7, 11) is 0. The Morgan fingerprint density at radius 1 is 1.38 bits per heavy atom. The Morgan fingerprint density at radius 3 is 2.46 bits per heavy atom. The van der Waals surface area contributed by atoms with Crippen molar-refractivity contribution in [1.82, 2.24) is 5.48 Å². The molecule has 13 heavy (non-hydrogen) atoms. The van der Waals surface area contributed by atoms with Crippen LogP contribution in [-0.2, 0) is 0 Å². The molecular weight excluding hydrogens is 168 g/mol. The van der Waals surface area contributed by atoms with Crippen LogP contribution in [0.3, 0.4) is 0 Å². The van der Waals surface area contributed by atoms with Gasteiger partial charge < -0.3 is 5.11 Å². The van der Waals surface area contributed by atoms with Gasteiger partial charge in [-0.05, 0) is 19.1 Å². The minimum absolute atomic E-state index is 0.131. The third-order valence-corrected chi connectivity index (χ3v) is 1.52. The van der Waals surface area contributed by atoms with Crippen LogP contribution in [0, 0.1) is 0 Å². The fraction of sp³-hybridized carbons (Fsp3) is 0.222. The molecule has 0 saturated carbocycles. The molecule has 0 heterocycles. The summed E-state index contributed by atoms with van der Waals surface area (Å²) in [6, 6.07) is 9.08. The molecule has 0 amide bonds. The summed E-state index contributed by atoms with van der Waals surface area (Å²) < 4.78 is 0. The highest BCUT2D eigenvalue weighted by molar-refractivity contribution is 5.87. The Labute approximate surface area is 76.5 Å². The summed E-state index contributed by atoms with van der Waals surface area (Å²) in [6.45, 7) is 1.52. The quantitative estimate of drug-likeness (QED) is 0.362. The van der Waals surface area contributed by atoms with Gasteiger partial charge in [0.15, 0.2) is 5.84 Å². The lowest BCUT2D eigenvalue weighted by Crippen LogP contribution is -2.29. The summed E-state index contributed by atoms with van der Waals surface area (Å²) >= 11 is 0. The summed E-state index contributed by atoms with van der Waals surface area (Å²) in [5.74, 6) is 0.131. The average Bonchev–Trinajstić information content (AvgIpc) is 2.15. The Kier molecular flexibility index (Phi) is 3.42. The zero-order valence-electron chi connectivity index (χ0n) is 7.31.